The zero-order valence-corrected chi connectivity index (χ0v) is 13.0. The van der Waals surface area contributed by atoms with Gasteiger partial charge in [0.1, 0.15) is 0 Å². The third kappa shape index (κ3) is 2.35. The van der Waals surface area contributed by atoms with E-state index in [0.717, 1.165) is 34.8 Å². The minimum absolute atomic E-state index is 0.753. The van der Waals surface area contributed by atoms with Gasteiger partial charge in [0, 0.05) is 23.6 Å². The average Bonchev–Trinajstić information content (AvgIpc) is 2.99. The molecule has 6 heteroatoms. The zero-order valence-electron chi connectivity index (χ0n) is 12.2. The van der Waals surface area contributed by atoms with Gasteiger partial charge in [-0.25, -0.2) is 0 Å². The van der Waals surface area contributed by atoms with Gasteiger partial charge >= 0.3 is 0 Å². The fourth-order valence-corrected chi connectivity index (χ4v) is 3.40. The van der Waals surface area contributed by atoms with Crippen molar-refractivity contribution in [3.8, 4) is 11.4 Å². The van der Waals surface area contributed by atoms with Crippen molar-refractivity contribution < 1.29 is 0 Å². The Kier molecular flexibility index (Phi) is 3.31. The highest BCUT2D eigenvalue weighted by Gasteiger charge is 2.22. The number of rotatable bonds is 2. The maximum absolute atomic E-state index is 4.38. The van der Waals surface area contributed by atoms with Gasteiger partial charge in [-0.15, -0.1) is 10.2 Å². The molecule has 0 amide bonds. The monoisotopic (exact) mass is 309 g/mol. The first kappa shape index (κ1) is 13.3. The quantitative estimate of drug-likeness (QED) is 0.727. The first-order valence-electron chi connectivity index (χ1n) is 7.09. The molecule has 2 aromatic heterocycles. The molecule has 22 heavy (non-hydrogen) atoms. The fourth-order valence-electron chi connectivity index (χ4n) is 2.50. The lowest BCUT2D eigenvalue weighted by Crippen LogP contribution is -2.30. The first-order chi connectivity index (χ1) is 10.8. The van der Waals surface area contributed by atoms with E-state index < -0.39 is 0 Å². The van der Waals surface area contributed by atoms with Crippen LogP contribution in [0.15, 0.2) is 53.9 Å². The second kappa shape index (κ2) is 5.46. The van der Waals surface area contributed by atoms with Gasteiger partial charge in [0.05, 0.1) is 12.5 Å². The summed E-state index contributed by atoms with van der Waals surface area (Å²) >= 11 is 1.71. The van der Waals surface area contributed by atoms with Crippen LogP contribution in [0, 0.1) is 6.92 Å². The number of aromatic nitrogens is 4. The Balaban J connectivity index is 1.69. The largest absolute Gasteiger partial charge is 0.343 e. The molecule has 0 saturated carbocycles. The zero-order chi connectivity index (χ0) is 14.9. The number of anilines is 1. The summed E-state index contributed by atoms with van der Waals surface area (Å²) in [4.78, 5) is 6.37. The molecule has 0 spiro atoms. The van der Waals surface area contributed by atoms with Gasteiger partial charge in [0.15, 0.2) is 11.0 Å². The summed E-state index contributed by atoms with van der Waals surface area (Å²) in [6, 6.07) is 12.5. The Morgan fingerprint density at radius 3 is 2.55 bits per heavy atom. The van der Waals surface area contributed by atoms with E-state index >= 15 is 0 Å². The summed E-state index contributed by atoms with van der Waals surface area (Å²) in [6.45, 7) is 2.84. The molecule has 0 aliphatic carbocycles. The maximum Gasteiger partial charge on any atom is 0.194 e. The number of thioether (sulfide) groups is 1. The predicted molar refractivity (Wildman–Crippen MR) is 87.6 cm³/mol. The third-order valence-electron chi connectivity index (χ3n) is 3.72. The van der Waals surface area contributed by atoms with Crippen molar-refractivity contribution in [1.82, 2.24) is 19.7 Å². The molecule has 110 valence electrons. The summed E-state index contributed by atoms with van der Waals surface area (Å²) in [5, 5.41) is 9.67. The van der Waals surface area contributed by atoms with E-state index in [0.29, 0.717) is 0 Å². The molecule has 0 bridgehead atoms. The number of pyridine rings is 1. The number of aryl methyl sites for hydroxylation is 1. The first-order valence-corrected chi connectivity index (χ1v) is 8.08. The summed E-state index contributed by atoms with van der Waals surface area (Å²) < 4.78 is 2.17. The Hall–Kier alpha value is -2.34. The van der Waals surface area contributed by atoms with Crippen molar-refractivity contribution in [3.05, 3.63) is 54.4 Å². The van der Waals surface area contributed by atoms with Crippen LogP contribution in [0.5, 0.6) is 0 Å². The standard InChI is InChI=1S/C16H15N5S/c1-12-2-4-13(5-3-12)15-18-19-16-21(15)10-20(11-22-16)14-6-8-17-9-7-14/h2-9H,10-11H2,1H3. The minimum atomic E-state index is 0.753. The van der Waals surface area contributed by atoms with Crippen molar-refractivity contribution in [2.45, 2.75) is 18.7 Å². The Morgan fingerprint density at radius 1 is 1.00 bits per heavy atom. The fraction of sp³-hybridized carbons (Fsp3) is 0.188. The van der Waals surface area contributed by atoms with Gasteiger partial charge in [-0.1, -0.05) is 41.6 Å². The van der Waals surface area contributed by atoms with E-state index in [-0.39, 0.29) is 0 Å². The van der Waals surface area contributed by atoms with E-state index in [4.69, 9.17) is 0 Å². The molecule has 0 atom stereocenters. The topological polar surface area (TPSA) is 46.8 Å². The van der Waals surface area contributed by atoms with Crippen LogP contribution in [0.25, 0.3) is 11.4 Å². The Labute approximate surface area is 133 Å². The Morgan fingerprint density at radius 2 is 1.77 bits per heavy atom. The van der Waals surface area contributed by atoms with Gasteiger partial charge in [0.2, 0.25) is 0 Å². The van der Waals surface area contributed by atoms with Gasteiger partial charge in [-0.3, -0.25) is 9.55 Å². The molecule has 3 aromatic rings. The van der Waals surface area contributed by atoms with E-state index in [9.17, 15) is 0 Å². The second-order valence-corrected chi connectivity index (χ2v) is 6.17. The highest BCUT2D eigenvalue weighted by molar-refractivity contribution is 7.99. The number of hydrogen-bond acceptors (Lipinski definition) is 5. The summed E-state index contributed by atoms with van der Waals surface area (Å²) in [7, 11) is 0. The number of nitrogens with zero attached hydrogens (tertiary/aromatic N) is 5. The van der Waals surface area contributed by atoms with E-state index in [1.807, 2.05) is 24.5 Å². The molecular weight excluding hydrogens is 294 g/mol. The van der Waals surface area contributed by atoms with Crippen LogP contribution in [-0.2, 0) is 6.67 Å². The average molecular weight is 309 g/mol. The highest BCUT2D eigenvalue weighted by Crippen LogP contribution is 2.31. The molecule has 0 fully saturated rings. The lowest BCUT2D eigenvalue weighted by molar-refractivity contribution is 0.608. The number of benzene rings is 1. The van der Waals surface area contributed by atoms with Crippen molar-refractivity contribution in [2.75, 3.05) is 10.8 Å². The maximum atomic E-state index is 4.38. The van der Waals surface area contributed by atoms with Crippen LogP contribution in [-0.4, -0.2) is 25.6 Å². The molecule has 0 N–H and O–H groups in total. The van der Waals surface area contributed by atoms with Gasteiger partial charge < -0.3 is 4.90 Å². The van der Waals surface area contributed by atoms with Crippen molar-refractivity contribution >= 4 is 17.4 Å². The lowest BCUT2D eigenvalue weighted by atomic mass is 10.1. The van der Waals surface area contributed by atoms with Crippen LogP contribution in [0.1, 0.15) is 5.56 Å². The molecule has 5 nitrogen and oxygen atoms in total. The van der Waals surface area contributed by atoms with Crippen LogP contribution >= 0.6 is 11.8 Å². The molecular formula is C16H15N5S. The van der Waals surface area contributed by atoms with Crippen LogP contribution in [0.2, 0.25) is 0 Å². The molecule has 4 rings (SSSR count). The van der Waals surface area contributed by atoms with Crippen LogP contribution in [0.4, 0.5) is 5.69 Å². The van der Waals surface area contributed by atoms with E-state index in [1.165, 1.54) is 5.56 Å². The molecule has 1 aliphatic heterocycles. The molecule has 0 unspecified atom stereocenters. The molecule has 3 heterocycles. The molecule has 1 aromatic carbocycles. The van der Waals surface area contributed by atoms with Crippen molar-refractivity contribution in [1.29, 1.82) is 0 Å². The summed E-state index contributed by atoms with van der Waals surface area (Å²) in [5.74, 6) is 1.79. The SMILES string of the molecule is Cc1ccc(-c2nnc3n2CN(c2ccncc2)CS3)cc1. The van der Waals surface area contributed by atoms with Crippen molar-refractivity contribution in [3.63, 3.8) is 0 Å². The minimum Gasteiger partial charge on any atom is -0.343 e. The van der Waals surface area contributed by atoms with Crippen LogP contribution in [0.3, 0.4) is 0 Å². The van der Waals surface area contributed by atoms with Gasteiger partial charge in [-0.2, -0.15) is 0 Å². The molecule has 1 aliphatic rings. The number of fused-ring (bicyclic) bond motifs is 1. The lowest BCUT2D eigenvalue weighted by Gasteiger charge is -2.29. The van der Waals surface area contributed by atoms with Crippen molar-refractivity contribution in [2.24, 2.45) is 0 Å². The normalized spacial score (nSPS) is 14.0. The van der Waals surface area contributed by atoms with Crippen LogP contribution < -0.4 is 4.90 Å². The second-order valence-electron chi connectivity index (χ2n) is 5.26. The number of hydrogen-bond donors (Lipinski definition) is 0. The van der Waals surface area contributed by atoms with E-state index in [2.05, 4.69) is 55.8 Å². The predicted octanol–water partition coefficient (Wildman–Crippen LogP) is 3.18. The third-order valence-corrected chi connectivity index (χ3v) is 4.72. The van der Waals surface area contributed by atoms with Gasteiger partial charge in [-0.05, 0) is 19.1 Å². The summed E-state index contributed by atoms with van der Waals surface area (Å²) in [5.41, 5.74) is 3.51. The Bertz CT molecular complexity index is 782. The molecule has 0 saturated heterocycles. The van der Waals surface area contributed by atoms with Gasteiger partial charge in [0.25, 0.3) is 0 Å². The summed E-state index contributed by atoms with van der Waals surface area (Å²) in [6.07, 6.45) is 3.64. The molecule has 0 radical (unpaired) electrons. The van der Waals surface area contributed by atoms with E-state index in [1.54, 1.807) is 11.8 Å². The highest BCUT2D eigenvalue weighted by atomic mass is 32.2. The smallest absolute Gasteiger partial charge is 0.194 e.